The molecule has 0 bridgehead atoms. The van der Waals surface area contributed by atoms with Crippen LogP contribution in [-0.4, -0.2) is 41.4 Å². The summed E-state index contributed by atoms with van der Waals surface area (Å²) < 4.78 is 0. The van der Waals surface area contributed by atoms with Gasteiger partial charge < -0.3 is 16.4 Å². The van der Waals surface area contributed by atoms with Gasteiger partial charge in [-0.3, -0.25) is 14.5 Å². The van der Waals surface area contributed by atoms with Crippen molar-refractivity contribution in [2.45, 2.75) is 37.3 Å². The summed E-state index contributed by atoms with van der Waals surface area (Å²) in [6.07, 6.45) is 3.12. The van der Waals surface area contributed by atoms with Crippen molar-refractivity contribution in [2.75, 3.05) is 13.1 Å². The minimum Gasteiger partial charge on any atom is -0.353 e. The molecule has 1 atom stereocenters. The van der Waals surface area contributed by atoms with E-state index in [-0.39, 0.29) is 30.9 Å². The summed E-state index contributed by atoms with van der Waals surface area (Å²) >= 11 is 0. The Balaban J connectivity index is 1.53. The Labute approximate surface area is 140 Å². The third kappa shape index (κ3) is 3.12. The molecule has 3 rings (SSSR count). The lowest BCUT2D eigenvalue weighted by atomic mass is 9.98. The van der Waals surface area contributed by atoms with Crippen molar-refractivity contribution in [3.05, 3.63) is 35.9 Å². The van der Waals surface area contributed by atoms with Crippen molar-refractivity contribution in [1.29, 1.82) is 0 Å². The van der Waals surface area contributed by atoms with E-state index in [1.54, 1.807) is 0 Å². The minimum absolute atomic E-state index is 0.248. The quantitative estimate of drug-likeness (QED) is 0.690. The van der Waals surface area contributed by atoms with Gasteiger partial charge in [-0.25, -0.2) is 4.79 Å². The molecule has 2 fully saturated rings. The number of benzene rings is 1. The molecule has 1 saturated heterocycles. The second kappa shape index (κ2) is 6.60. The van der Waals surface area contributed by atoms with Gasteiger partial charge in [0.05, 0.1) is 0 Å². The number of nitrogens with zero attached hydrogens (tertiary/aromatic N) is 1. The maximum absolute atomic E-state index is 12.5. The number of carbonyl (C=O) groups excluding carboxylic acids is 3. The zero-order chi connectivity index (χ0) is 17.2. The molecule has 1 heterocycles. The van der Waals surface area contributed by atoms with E-state index in [9.17, 15) is 14.4 Å². The van der Waals surface area contributed by atoms with Gasteiger partial charge in [0.1, 0.15) is 12.1 Å². The molecule has 128 valence electrons. The van der Waals surface area contributed by atoms with E-state index < -0.39 is 11.6 Å². The van der Waals surface area contributed by atoms with Gasteiger partial charge in [-0.2, -0.15) is 0 Å². The molecule has 1 saturated carbocycles. The lowest BCUT2D eigenvalue weighted by Gasteiger charge is -2.20. The zero-order valence-electron chi connectivity index (χ0n) is 13.5. The maximum atomic E-state index is 12.5. The van der Waals surface area contributed by atoms with Crippen molar-refractivity contribution >= 4 is 17.8 Å². The molecular formula is C17H22N4O3. The van der Waals surface area contributed by atoms with Gasteiger partial charge in [0.15, 0.2) is 0 Å². The maximum Gasteiger partial charge on any atom is 0.325 e. The molecule has 1 aromatic rings. The second-order valence-electron chi connectivity index (χ2n) is 6.43. The highest BCUT2D eigenvalue weighted by Gasteiger charge is 2.52. The van der Waals surface area contributed by atoms with Crippen LogP contribution in [-0.2, 0) is 9.59 Å². The van der Waals surface area contributed by atoms with E-state index in [1.165, 1.54) is 0 Å². The average Bonchev–Trinajstić information content (AvgIpc) is 3.14. The summed E-state index contributed by atoms with van der Waals surface area (Å²) in [5, 5.41) is 5.45. The molecule has 2 aliphatic rings. The molecule has 1 aliphatic heterocycles. The van der Waals surface area contributed by atoms with Crippen molar-refractivity contribution in [3.63, 3.8) is 0 Å². The highest BCUT2D eigenvalue weighted by Crippen LogP contribution is 2.34. The predicted octanol–water partition coefficient (Wildman–Crippen LogP) is 0.667. The summed E-state index contributed by atoms with van der Waals surface area (Å²) in [5.41, 5.74) is 6.16. The van der Waals surface area contributed by atoms with Gasteiger partial charge in [0, 0.05) is 12.6 Å². The molecule has 4 amide bonds. The number of carbonyl (C=O) groups is 3. The van der Waals surface area contributed by atoms with Crippen LogP contribution in [0.25, 0.3) is 0 Å². The number of nitrogens with one attached hydrogen (secondary N) is 2. The molecule has 4 N–H and O–H groups in total. The number of nitrogens with two attached hydrogens (primary N) is 1. The number of rotatable bonds is 5. The van der Waals surface area contributed by atoms with Gasteiger partial charge in [-0.1, -0.05) is 43.2 Å². The Bertz CT molecular complexity index is 640. The molecule has 0 aromatic heterocycles. The molecule has 1 aliphatic carbocycles. The van der Waals surface area contributed by atoms with Crippen LogP contribution in [0.15, 0.2) is 30.3 Å². The first kappa shape index (κ1) is 16.4. The predicted molar refractivity (Wildman–Crippen MR) is 87.8 cm³/mol. The van der Waals surface area contributed by atoms with Crippen LogP contribution in [0.3, 0.4) is 0 Å². The minimum atomic E-state index is -0.780. The van der Waals surface area contributed by atoms with E-state index in [0.717, 1.165) is 23.3 Å². The smallest absolute Gasteiger partial charge is 0.325 e. The van der Waals surface area contributed by atoms with E-state index in [0.29, 0.717) is 12.8 Å². The summed E-state index contributed by atoms with van der Waals surface area (Å²) in [4.78, 5) is 37.6. The number of hydrogen-bond acceptors (Lipinski definition) is 4. The average molecular weight is 330 g/mol. The van der Waals surface area contributed by atoms with Crippen LogP contribution >= 0.6 is 0 Å². The summed E-state index contributed by atoms with van der Waals surface area (Å²) in [7, 11) is 0. The van der Waals surface area contributed by atoms with E-state index in [4.69, 9.17) is 5.73 Å². The zero-order valence-corrected chi connectivity index (χ0v) is 13.5. The van der Waals surface area contributed by atoms with Crippen LogP contribution in [0.5, 0.6) is 0 Å². The van der Waals surface area contributed by atoms with Crippen molar-refractivity contribution in [2.24, 2.45) is 5.73 Å². The van der Waals surface area contributed by atoms with E-state index >= 15 is 0 Å². The number of amides is 4. The molecular weight excluding hydrogens is 308 g/mol. The number of hydrogen-bond donors (Lipinski definition) is 3. The van der Waals surface area contributed by atoms with Crippen molar-refractivity contribution in [1.82, 2.24) is 15.5 Å². The van der Waals surface area contributed by atoms with Crippen molar-refractivity contribution < 1.29 is 14.4 Å². The van der Waals surface area contributed by atoms with Crippen LogP contribution in [0.4, 0.5) is 4.79 Å². The summed E-state index contributed by atoms with van der Waals surface area (Å²) in [6, 6.07) is 8.61. The lowest BCUT2D eigenvalue weighted by molar-refractivity contribution is -0.134. The Morgan fingerprint density at radius 2 is 1.92 bits per heavy atom. The molecule has 1 spiro atoms. The van der Waals surface area contributed by atoms with Gasteiger partial charge >= 0.3 is 6.03 Å². The standard InChI is InChI=1S/C17H22N4O3/c18-13(12-6-2-1-3-7-12)10-19-14(22)11-21-15(23)17(20-16(21)24)8-4-5-9-17/h1-3,6-7,13H,4-5,8-11,18H2,(H,19,22)(H,20,24). The highest BCUT2D eigenvalue weighted by atomic mass is 16.2. The molecule has 7 nitrogen and oxygen atoms in total. The second-order valence-corrected chi connectivity index (χ2v) is 6.43. The largest absolute Gasteiger partial charge is 0.353 e. The SMILES string of the molecule is NC(CNC(=O)CN1C(=O)NC2(CCCC2)C1=O)c1ccccc1. The van der Waals surface area contributed by atoms with Crippen LogP contribution < -0.4 is 16.4 Å². The Hall–Kier alpha value is -2.41. The topological polar surface area (TPSA) is 105 Å². The van der Waals surface area contributed by atoms with Crippen LogP contribution in [0.1, 0.15) is 37.3 Å². The fourth-order valence-electron chi connectivity index (χ4n) is 3.38. The molecule has 1 aromatic carbocycles. The Morgan fingerprint density at radius 3 is 2.58 bits per heavy atom. The molecule has 0 radical (unpaired) electrons. The van der Waals surface area contributed by atoms with Gasteiger partial charge in [0.2, 0.25) is 5.91 Å². The molecule has 7 heteroatoms. The number of urea groups is 1. The molecule has 1 unspecified atom stereocenters. The van der Waals surface area contributed by atoms with Crippen LogP contribution in [0.2, 0.25) is 0 Å². The van der Waals surface area contributed by atoms with Gasteiger partial charge in [0.25, 0.3) is 5.91 Å². The first-order chi connectivity index (χ1) is 11.5. The highest BCUT2D eigenvalue weighted by molar-refractivity contribution is 6.09. The van der Waals surface area contributed by atoms with Gasteiger partial charge in [-0.05, 0) is 18.4 Å². The van der Waals surface area contributed by atoms with Crippen LogP contribution in [0, 0.1) is 0 Å². The van der Waals surface area contributed by atoms with Gasteiger partial charge in [-0.15, -0.1) is 0 Å². The summed E-state index contributed by atoms with van der Waals surface area (Å²) in [5.74, 6) is -0.674. The third-order valence-electron chi connectivity index (χ3n) is 4.75. The monoisotopic (exact) mass is 330 g/mol. The Kier molecular flexibility index (Phi) is 4.53. The first-order valence-electron chi connectivity index (χ1n) is 8.23. The third-order valence-corrected chi connectivity index (χ3v) is 4.75. The normalized spacial score (nSPS) is 20.3. The summed E-state index contributed by atoms with van der Waals surface area (Å²) in [6.45, 7) is -0.0223. The van der Waals surface area contributed by atoms with E-state index in [1.807, 2.05) is 30.3 Å². The molecule has 24 heavy (non-hydrogen) atoms. The number of imide groups is 1. The fourth-order valence-corrected chi connectivity index (χ4v) is 3.38. The lowest BCUT2D eigenvalue weighted by Crippen LogP contribution is -2.45. The Morgan fingerprint density at radius 1 is 1.25 bits per heavy atom. The first-order valence-corrected chi connectivity index (χ1v) is 8.23. The van der Waals surface area contributed by atoms with E-state index in [2.05, 4.69) is 10.6 Å². The fraction of sp³-hybridized carbons (Fsp3) is 0.471. The van der Waals surface area contributed by atoms with Crippen molar-refractivity contribution in [3.8, 4) is 0 Å².